The van der Waals surface area contributed by atoms with Gasteiger partial charge in [0.25, 0.3) is 0 Å². The van der Waals surface area contributed by atoms with Gasteiger partial charge in [0.2, 0.25) is 11.7 Å². The normalized spacial score (nSPS) is 10.7. The van der Waals surface area contributed by atoms with Crippen molar-refractivity contribution < 1.29 is 4.79 Å². The van der Waals surface area contributed by atoms with E-state index in [2.05, 4.69) is 20.7 Å². The Bertz CT molecular complexity index is 764. The Balaban J connectivity index is 1.50. The highest BCUT2D eigenvalue weighted by Crippen LogP contribution is 2.14. The van der Waals surface area contributed by atoms with Crippen LogP contribution < -0.4 is 5.32 Å². The molecule has 0 fully saturated rings. The molecule has 7 heteroatoms. The van der Waals surface area contributed by atoms with Crippen LogP contribution >= 0.6 is 11.3 Å². The number of tetrazole rings is 1. The quantitative estimate of drug-likeness (QED) is 0.754. The molecule has 0 atom stereocenters. The van der Waals surface area contributed by atoms with E-state index in [0.29, 0.717) is 25.3 Å². The van der Waals surface area contributed by atoms with E-state index in [1.54, 1.807) is 11.3 Å². The molecular weight excluding hydrogens is 310 g/mol. The van der Waals surface area contributed by atoms with Crippen LogP contribution in [0.3, 0.4) is 0 Å². The lowest BCUT2D eigenvalue weighted by Gasteiger charge is -2.02. The molecular formula is C16H17N5OS. The molecule has 0 saturated carbocycles. The van der Waals surface area contributed by atoms with E-state index in [4.69, 9.17) is 0 Å². The van der Waals surface area contributed by atoms with E-state index in [1.807, 2.05) is 48.7 Å². The number of aromatic nitrogens is 4. The number of nitrogens with zero attached hydrogens (tertiary/aromatic N) is 4. The summed E-state index contributed by atoms with van der Waals surface area (Å²) in [6.45, 7) is 3.01. The first-order valence-corrected chi connectivity index (χ1v) is 8.22. The Labute approximate surface area is 138 Å². The maximum absolute atomic E-state index is 11.8. The highest BCUT2D eigenvalue weighted by atomic mass is 32.1. The molecule has 0 spiro atoms. The summed E-state index contributed by atoms with van der Waals surface area (Å²) < 4.78 is 0. The first-order chi connectivity index (χ1) is 11.2. The Morgan fingerprint density at radius 2 is 2.09 bits per heavy atom. The van der Waals surface area contributed by atoms with E-state index < -0.39 is 0 Å². The molecule has 0 bridgehead atoms. The van der Waals surface area contributed by atoms with Crippen molar-refractivity contribution in [2.75, 3.05) is 0 Å². The smallest absolute Gasteiger partial charge is 0.222 e. The predicted molar refractivity (Wildman–Crippen MR) is 88.8 cm³/mol. The number of thiophene rings is 1. The number of amides is 1. The van der Waals surface area contributed by atoms with Crippen LogP contribution in [-0.4, -0.2) is 26.1 Å². The van der Waals surface area contributed by atoms with Gasteiger partial charge in [-0.1, -0.05) is 35.9 Å². The molecule has 2 heterocycles. The van der Waals surface area contributed by atoms with E-state index >= 15 is 0 Å². The third-order valence-corrected chi connectivity index (χ3v) is 4.22. The van der Waals surface area contributed by atoms with Crippen molar-refractivity contribution in [2.45, 2.75) is 26.4 Å². The number of hydrogen-bond acceptors (Lipinski definition) is 5. The van der Waals surface area contributed by atoms with Gasteiger partial charge in [0.15, 0.2) is 0 Å². The second-order valence-corrected chi connectivity index (χ2v) is 6.21. The monoisotopic (exact) mass is 327 g/mol. The Hall–Kier alpha value is -2.54. The lowest BCUT2D eigenvalue weighted by Crippen LogP contribution is -2.23. The van der Waals surface area contributed by atoms with Gasteiger partial charge in [-0.15, -0.1) is 21.5 Å². The van der Waals surface area contributed by atoms with Crippen molar-refractivity contribution in [3.8, 4) is 11.4 Å². The van der Waals surface area contributed by atoms with E-state index in [9.17, 15) is 4.79 Å². The zero-order chi connectivity index (χ0) is 16.1. The molecule has 2 aromatic heterocycles. The van der Waals surface area contributed by atoms with Gasteiger partial charge in [0.1, 0.15) is 0 Å². The van der Waals surface area contributed by atoms with Crippen LogP contribution in [0.5, 0.6) is 0 Å². The predicted octanol–water partition coefficient (Wildman–Crippen LogP) is 2.42. The summed E-state index contributed by atoms with van der Waals surface area (Å²) in [5.74, 6) is 0.552. The van der Waals surface area contributed by atoms with Gasteiger partial charge in [-0.2, -0.15) is 4.80 Å². The number of rotatable bonds is 6. The van der Waals surface area contributed by atoms with Gasteiger partial charge in [-0.25, -0.2) is 0 Å². The molecule has 0 aliphatic heterocycles. The topological polar surface area (TPSA) is 72.7 Å². The second-order valence-electron chi connectivity index (χ2n) is 5.18. The molecule has 23 heavy (non-hydrogen) atoms. The molecule has 1 amide bonds. The number of carbonyl (C=O) groups is 1. The van der Waals surface area contributed by atoms with Gasteiger partial charge in [0, 0.05) is 16.9 Å². The van der Waals surface area contributed by atoms with Gasteiger partial charge in [-0.05, 0) is 23.6 Å². The minimum Gasteiger partial charge on any atom is -0.351 e. The fourth-order valence-electron chi connectivity index (χ4n) is 2.04. The molecule has 0 saturated heterocycles. The summed E-state index contributed by atoms with van der Waals surface area (Å²) in [7, 11) is 0. The maximum Gasteiger partial charge on any atom is 0.222 e. The third-order valence-electron chi connectivity index (χ3n) is 3.34. The van der Waals surface area contributed by atoms with Gasteiger partial charge in [0.05, 0.1) is 13.1 Å². The number of nitrogens with one attached hydrogen (secondary N) is 1. The molecule has 1 aromatic carbocycles. The molecule has 3 rings (SSSR count). The molecule has 0 aliphatic carbocycles. The van der Waals surface area contributed by atoms with Crippen LogP contribution in [0, 0.1) is 6.92 Å². The van der Waals surface area contributed by atoms with Gasteiger partial charge >= 0.3 is 0 Å². The van der Waals surface area contributed by atoms with Crippen molar-refractivity contribution in [1.82, 2.24) is 25.5 Å². The standard InChI is InChI=1S/C16H17N5OS/c1-12-4-6-13(7-5-12)16-18-20-21(19-16)9-8-15(22)17-11-14-3-2-10-23-14/h2-7,10H,8-9,11H2,1H3,(H,17,22). The van der Waals surface area contributed by atoms with Crippen molar-refractivity contribution in [1.29, 1.82) is 0 Å². The molecule has 1 N–H and O–H groups in total. The van der Waals surface area contributed by atoms with Crippen LogP contribution in [-0.2, 0) is 17.9 Å². The molecule has 0 aliphatic rings. The van der Waals surface area contributed by atoms with Crippen molar-refractivity contribution in [3.63, 3.8) is 0 Å². The zero-order valence-electron chi connectivity index (χ0n) is 12.8. The van der Waals surface area contributed by atoms with Gasteiger partial charge < -0.3 is 5.32 Å². The number of benzene rings is 1. The number of carbonyl (C=O) groups excluding carboxylic acids is 1. The van der Waals surface area contributed by atoms with Crippen LogP contribution in [0.15, 0.2) is 41.8 Å². The van der Waals surface area contributed by atoms with Crippen LogP contribution in [0.2, 0.25) is 0 Å². The lowest BCUT2D eigenvalue weighted by atomic mass is 10.1. The highest BCUT2D eigenvalue weighted by Gasteiger charge is 2.08. The van der Waals surface area contributed by atoms with Crippen molar-refractivity contribution >= 4 is 17.2 Å². The highest BCUT2D eigenvalue weighted by molar-refractivity contribution is 7.09. The zero-order valence-corrected chi connectivity index (χ0v) is 13.6. The van der Waals surface area contributed by atoms with Crippen molar-refractivity contribution in [2.24, 2.45) is 0 Å². The SMILES string of the molecule is Cc1ccc(-c2nnn(CCC(=O)NCc3cccs3)n2)cc1. The average molecular weight is 327 g/mol. The first kappa shape index (κ1) is 15.4. The van der Waals surface area contributed by atoms with E-state index in [1.165, 1.54) is 10.4 Å². The molecule has 3 aromatic rings. The fourth-order valence-corrected chi connectivity index (χ4v) is 2.69. The summed E-state index contributed by atoms with van der Waals surface area (Å²) in [4.78, 5) is 14.4. The summed E-state index contributed by atoms with van der Waals surface area (Å²) in [6, 6.07) is 11.9. The maximum atomic E-state index is 11.8. The van der Waals surface area contributed by atoms with Crippen LogP contribution in [0.25, 0.3) is 11.4 Å². The first-order valence-electron chi connectivity index (χ1n) is 7.34. The third kappa shape index (κ3) is 4.23. The summed E-state index contributed by atoms with van der Waals surface area (Å²) >= 11 is 1.63. The number of hydrogen-bond donors (Lipinski definition) is 1. The van der Waals surface area contributed by atoms with Gasteiger partial charge in [-0.3, -0.25) is 4.79 Å². The Morgan fingerprint density at radius 3 is 2.83 bits per heavy atom. The second kappa shape index (κ2) is 7.15. The minimum atomic E-state index is -0.0208. The lowest BCUT2D eigenvalue weighted by molar-refractivity contribution is -0.121. The van der Waals surface area contributed by atoms with E-state index in [-0.39, 0.29) is 5.91 Å². The Kier molecular flexibility index (Phi) is 4.77. The van der Waals surface area contributed by atoms with Crippen molar-refractivity contribution in [3.05, 3.63) is 52.2 Å². The molecule has 0 radical (unpaired) electrons. The Morgan fingerprint density at radius 1 is 1.26 bits per heavy atom. The summed E-state index contributed by atoms with van der Waals surface area (Å²) in [5, 5.41) is 17.2. The summed E-state index contributed by atoms with van der Waals surface area (Å²) in [6.07, 6.45) is 0.328. The summed E-state index contributed by atoms with van der Waals surface area (Å²) in [5.41, 5.74) is 2.10. The molecule has 6 nitrogen and oxygen atoms in total. The molecule has 0 unspecified atom stereocenters. The average Bonchev–Trinajstić information content (AvgIpc) is 3.23. The van der Waals surface area contributed by atoms with E-state index in [0.717, 1.165) is 10.4 Å². The van der Waals surface area contributed by atoms with Crippen LogP contribution in [0.4, 0.5) is 0 Å². The van der Waals surface area contributed by atoms with Crippen LogP contribution in [0.1, 0.15) is 16.9 Å². The fraction of sp³-hybridized carbons (Fsp3) is 0.250. The number of aryl methyl sites for hydroxylation is 2. The molecule has 118 valence electrons. The largest absolute Gasteiger partial charge is 0.351 e. The minimum absolute atomic E-state index is 0.0208.